The summed E-state index contributed by atoms with van der Waals surface area (Å²) >= 11 is 0. The van der Waals surface area contributed by atoms with Crippen LogP contribution in [-0.4, -0.2) is 38.9 Å². The molecule has 4 unspecified atom stereocenters. The Balaban J connectivity index is 1.58. The Hall–Kier alpha value is -2.16. The smallest absolute Gasteiger partial charge is 0.373 e. The highest BCUT2D eigenvalue weighted by atomic mass is 19.4. The zero-order valence-electron chi connectivity index (χ0n) is 12.7. The molecule has 0 saturated carbocycles. The Morgan fingerprint density at radius 1 is 1.33 bits per heavy atom. The minimum Gasteiger partial charge on any atom is -0.373 e. The first-order valence-electron chi connectivity index (χ1n) is 7.69. The normalized spacial score (nSPS) is 29.3. The van der Waals surface area contributed by atoms with Crippen molar-refractivity contribution >= 4 is 17.2 Å². The maximum atomic E-state index is 13.3. The molecule has 2 saturated heterocycles. The first-order valence-corrected chi connectivity index (χ1v) is 7.69. The molecule has 0 spiro atoms. The van der Waals surface area contributed by atoms with E-state index in [-0.39, 0.29) is 0 Å². The summed E-state index contributed by atoms with van der Waals surface area (Å²) in [6.45, 7) is 1.73. The second-order valence-corrected chi connectivity index (χ2v) is 6.25. The number of anilines is 1. The number of amides is 1. The first kappa shape index (κ1) is 15.4. The third-order valence-electron chi connectivity index (χ3n) is 4.66. The van der Waals surface area contributed by atoms with E-state index in [1.165, 1.54) is 10.7 Å². The minimum absolute atomic E-state index is 0.350. The number of halogens is 3. The van der Waals surface area contributed by atoms with Crippen LogP contribution in [0.4, 0.5) is 18.9 Å². The van der Waals surface area contributed by atoms with Crippen molar-refractivity contribution in [3.63, 3.8) is 0 Å². The molecule has 2 aromatic rings. The van der Waals surface area contributed by atoms with E-state index in [0.717, 1.165) is 0 Å². The lowest BCUT2D eigenvalue weighted by molar-refractivity contribution is -0.196. The number of alkyl halides is 3. The van der Waals surface area contributed by atoms with Gasteiger partial charge in [0.2, 0.25) is 5.91 Å². The van der Waals surface area contributed by atoms with Crippen LogP contribution in [0, 0.1) is 18.8 Å². The van der Waals surface area contributed by atoms with Crippen molar-refractivity contribution in [1.29, 1.82) is 0 Å². The van der Waals surface area contributed by atoms with Gasteiger partial charge in [-0.05, 0) is 31.9 Å². The lowest BCUT2D eigenvalue weighted by atomic mass is 9.78. The second-order valence-electron chi connectivity index (χ2n) is 6.25. The predicted octanol–water partition coefficient (Wildman–Crippen LogP) is 2.33. The number of hydrogen-bond acceptors (Lipinski definition) is 4. The number of nitrogens with zero attached hydrogens (tertiary/aromatic N) is 3. The van der Waals surface area contributed by atoms with E-state index in [1.54, 1.807) is 19.1 Å². The van der Waals surface area contributed by atoms with Crippen LogP contribution in [0.3, 0.4) is 0 Å². The molecule has 1 amide bonds. The zero-order valence-corrected chi connectivity index (χ0v) is 12.7. The topological polar surface area (TPSA) is 68.5 Å². The van der Waals surface area contributed by atoms with E-state index < -0.39 is 36.1 Å². The Kier molecular flexibility index (Phi) is 3.31. The van der Waals surface area contributed by atoms with E-state index in [2.05, 4.69) is 15.4 Å². The van der Waals surface area contributed by atoms with Crippen LogP contribution in [0.15, 0.2) is 18.3 Å². The van der Waals surface area contributed by atoms with Gasteiger partial charge in [-0.2, -0.15) is 18.3 Å². The Labute approximate surface area is 135 Å². The maximum Gasteiger partial charge on any atom is 0.395 e. The van der Waals surface area contributed by atoms with E-state index in [4.69, 9.17) is 4.74 Å². The number of carbonyl (C=O) groups excluding carboxylic acids is 1. The highest BCUT2D eigenvalue weighted by Crippen LogP contribution is 2.50. The van der Waals surface area contributed by atoms with Gasteiger partial charge in [0.15, 0.2) is 5.65 Å². The van der Waals surface area contributed by atoms with Gasteiger partial charge >= 0.3 is 6.18 Å². The van der Waals surface area contributed by atoms with E-state index >= 15 is 0 Å². The van der Waals surface area contributed by atoms with Gasteiger partial charge < -0.3 is 10.1 Å². The summed E-state index contributed by atoms with van der Waals surface area (Å²) in [5, 5.41) is 6.69. The van der Waals surface area contributed by atoms with Gasteiger partial charge in [-0.25, -0.2) is 9.50 Å². The lowest BCUT2D eigenvalue weighted by Crippen LogP contribution is -2.44. The van der Waals surface area contributed by atoms with Crippen molar-refractivity contribution < 1.29 is 22.7 Å². The molecule has 2 aliphatic heterocycles. The van der Waals surface area contributed by atoms with Gasteiger partial charge in [0, 0.05) is 0 Å². The Morgan fingerprint density at radius 2 is 2.08 bits per heavy atom. The number of nitrogens with one attached hydrogen (secondary N) is 1. The summed E-state index contributed by atoms with van der Waals surface area (Å²) in [7, 11) is 0. The van der Waals surface area contributed by atoms with Crippen LogP contribution in [0.5, 0.6) is 0 Å². The molecule has 0 aromatic carbocycles. The number of hydrogen-bond donors (Lipinski definition) is 1. The fraction of sp³-hybridized carbons (Fsp3) is 0.533. The molecule has 9 heteroatoms. The number of fused-ring (bicyclic) bond motifs is 3. The maximum absolute atomic E-state index is 13.3. The summed E-state index contributed by atoms with van der Waals surface area (Å²) < 4.78 is 46.7. The molecule has 0 aliphatic carbocycles. The van der Waals surface area contributed by atoms with Crippen LogP contribution < -0.4 is 5.32 Å². The predicted molar refractivity (Wildman–Crippen MR) is 77.3 cm³/mol. The molecule has 2 aromatic heterocycles. The fourth-order valence-corrected chi connectivity index (χ4v) is 3.72. The molecule has 2 bridgehead atoms. The van der Waals surface area contributed by atoms with Crippen LogP contribution >= 0.6 is 0 Å². The molecule has 6 nitrogen and oxygen atoms in total. The highest BCUT2D eigenvalue weighted by Gasteiger charge is 2.62. The van der Waals surface area contributed by atoms with E-state index in [9.17, 15) is 18.0 Å². The van der Waals surface area contributed by atoms with Gasteiger partial charge in [0.1, 0.15) is 5.82 Å². The van der Waals surface area contributed by atoms with Gasteiger partial charge in [-0.15, -0.1) is 0 Å². The molecule has 1 N–H and O–H groups in total. The largest absolute Gasteiger partial charge is 0.395 e. The van der Waals surface area contributed by atoms with Crippen molar-refractivity contribution in [2.75, 3.05) is 5.32 Å². The number of aryl methyl sites for hydroxylation is 1. The van der Waals surface area contributed by atoms with Crippen molar-refractivity contribution in [3.8, 4) is 0 Å². The third-order valence-corrected chi connectivity index (χ3v) is 4.66. The molecular formula is C15H15F3N4O2. The molecular weight excluding hydrogens is 325 g/mol. The number of aromatic nitrogens is 3. The van der Waals surface area contributed by atoms with Crippen molar-refractivity contribution in [3.05, 3.63) is 24.2 Å². The van der Waals surface area contributed by atoms with Crippen LogP contribution in [-0.2, 0) is 9.53 Å². The monoisotopic (exact) mass is 340 g/mol. The van der Waals surface area contributed by atoms with Crippen LogP contribution in [0.2, 0.25) is 0 Å². The molecule has 128 valence electrons. The molecule has 4 atom stereocenters. The highest BCUT2D eigenvalue weighted by molar-refractivity contribution is 5.93. The van der Waals surface area contributed by atoms with Crippen LogP contribution in [0.1, 0.15) is 18.7 Å². The average molecular weight is 340 g/mol. The fourth-order valence-electron chi connectivity index (χ4n) is 3.72. The number of pyridine rings is 1. The summed E-state index contributed by atoms with van der Waals surface area (Å²) in [5.41, 5.74) is 0.975. The van der Waals surface area contributed by atoms with Gasteiger partial charge in [0.05, 0.1) is 35.9 Å². The standard InChI is InChI=1S/C15H15F3N4O2/c1-7-19-11-5-2-8(6-22(11)21-7)20-14(23)12-9-3-4-10(24-9)13(12)15(16,17)18/h2,5-6,9-10,12-13H,3-4H2,1H3,(H,20,23). The molecule has 4 heterocycles. The minimum atomic E-state index is -4.45. The Bertz CT molecular complexity index is 804. The van der Waals surface area contributed by atoms with Crippen molar-refractivity contribution in [2.24, 2.45) is 11.8 Å². The summed E-state index contributed by atoms with van der Waals surface area (Å²) in [6.07, 6.45) is -3.66. The number of ether oxygens (including phenoxy) is 1. The zero-order chi connectivity index (χ0) is 17.1. The lowest BCUT2D eigenvalue weighted by Gasteiger charge is -2.28. The van der Waals surface area contributed by atoms with Crippen molar-refractivity contribution in [2.45, 2.75) is 38.1 Å². The SMILES string of the molecule is Cc1nc2ccc(NC(=O)C3C4CCC(O4)C3C(F)(F)F)cn2n1. The Morgan fingerprint density at radius 3 is 2.83 bits per heavy atom. The quantitative estimate of drug-likeness (QED) is 0.911. The summed E-state index contributed by atoms with van der Waals surface area (Å²) in [4.78, 5) is 16.6. The van der Waals surface area contributed by atoms with Gasteiger partial charge in [0.25, 0.3) is 0 Å². The first-order chi connectivity index (χ1) is 11.3. The summed E-state index contributed by atoms with van der Waals surface area (Å²) in [5.74, 6) is -3.05. The van der Waals surface area contributed by atoms with E-state index in [1.807, 2.05) is 0 Å². The van der Waals surface area contributed by atoms with Crippen LogP contribution in [0.25, 0.3) is 5.65 Å². The van der Waals surface area contributed by atoms with Crippen molar-refractivity contribution in [1.82, 2.24) is 14.6 Å². The second kappa shape index (κ2) is 5.17. The number of rotatable bonds is 2. The molecule has 0 radical (unpaired) electrons. The summed E-state index contributed by atoms with van der Waals surface area (Å²) in [6, 6.07) is 3.24. The third kappa shape index (κ3) is 2.43. The van der Waals surface area contributed by atoms with Gasteiger partial charge in [-0.1, -0.05) is 0 Å². The molecule has 4 rings (SSSR count). The molecule has 2 aliphatic rings. The average Bonchev–Trinajstić information content (AvgIpc) is 3.17. The number of carbonyl (C=O) groups is 1. The molecule has 2 fully saturated rings. The molecule has 24 heavy (non-hydrogen) atoms. The van der Waals surface area contributed by atoms with Gasteiger partial charge in [-0.3, -0.25) is 4.79 Å². The van der Waals surface area contributed by atoms with E-state index in [0.29, 0.717) is 30.0 Å².